The zero-order valence-corrected chi connectivity index (χ0v) is 75.1. The van der Waals surface area contributed by atoms with Crippen LogP contribution in [0, 0.1) is 0 Å². The molecular formula is C119H75N11S4. The Morgan fingerprint density at radius 1 is 0.187 bits per heavy atom. The fourth-order valence-corrected chi connectivity index (χ4v) is 22.2. The second-order valence-electron chi connectivity index (χ2n) is 33.1. The van der Waals surface area contributed by atoms with Gasteiger partial charge in [-0.1, -0.05) is 309 Å². The van der Waals surface area contributed by atoms with Crippen LogP contribution < -0.4 is 0 Å². The first-order valence-corrected chi connectivity index (χ1v) is 48.0. The van der Waals surface area contributed by atoms with E-state index < -0.39 is 0 Å². The van der Waals surface area contributed by atoms with Crippen LogP contribution in [0.2, 0.25) is 0 Å². The van der Waals surface area contributed by atoms with Crippen LogP contribution in [0.5, 0.6) is 0 Å². The molecule has 630 valence electrons. The second kappa shape index (κ2) is 33.9. The molecule has 0 radical (unpaired) electrons. The molecule has 0 saturated heterocycles. The predicted octanol–water partition coefficient (Wildman–Crippen LogP) is 32.6. The highest BCUT2D eigenvalue weighted by molar-refractivity contribution is 7.18. The molecule has 12 aromatic heterocycles. The van der Waals surface area contributed by atoms with Gasteiger partial charge in [-0.25, -0.2) is 24.9 Å². The summed E-state index contributed by atoms with van der Waals surface area (Å²) in [4.78, 5) is 35.3. The molecule has 0 spiro atoms. The standard InChI is InChI=1S/C31H20N2S.C30H19N3S.C29H18N4S.C29H18N2S/c1-3-9-21(10-4-1)24-18-27(22-11-5-2-6-12-22)32-31(19-24)33-28-14-8-7-13-25(28)26-17-23-15-16-34-30(23)20-29(26)33;1-3-9-20(10-4-1)25-18-26(21-11-5-2-6-12-21)32-30(31-25)33-27-14-8-7-13-23(27)24-17-22-15-16-34-29(22)19-28(24)33;1-3-9-19(10-4-1)27-30-28(20-11-5-2-6-12-20)32-29(31-27)33-24-14-8-7-13-22(24)23-17-21-15-16-34-26(21)18-25(23)33;1-2-8-19(9-3-1)25-18-30-29(23-12-5-4-10-21(23)25)31-26-13-7-6-11-22(26)24-16-20-14-15-32-28(20)17-27(24)31/h1-20H;1-19H;1-18H;1-18H. The highest BCUT2D eigenvalue weighted by atomic mass is 32.1. The van der Waals surface area contributed by atoms with Gasteiger partial charge in [-0.15, -0.1) is 45.3 Å². The molecule has 0 aliphatic heterocycles. The van der Waals surface area contributed by atoms with Crippen molar-refractivity contribution in [2.45, 2.75) is 0 Å². The maximum Gasteiger partial charge on any atom is 0.238 e. The van der Waals surface area contributed by atoms with Gasteiger partial charge in [0.15, 0.2) is 11.6 Å². The van der Waals surface area contributed by atoms with Crippen molar-refractivity contribution in [3.63, 3.8) is 0 Å². The van der Waals surface area contributed by atoms with E-state index in [0.717, 1.165) is 95.1 Å². The Morgan fingerprint density at radius 2 is 0.493 bits per heavy atom. The van der Waals surface area contributed by atoms with Crippen LogP contribution in [0.3, 0.4) is 0 Å². The van der Waals surface area contributed by atoms with Crippen molar-refractivity contribution < 1.29 is 0 Å². The molecule has 0 bridgehead atoms. The molecule has 16 aromatic carbocycles. The van der Waals surface area contributed by atoms with Crippen LogP contribution in [-0.2, 0) is 0 Å². The SMILES string of the molecule is c1ccc(-c2cc(-c3ccccc3)nc(-n3c4ccccc4c4cc5ccsc5cc43)c2)cc1.c1ccc(-c2cc(-c3ccccc3)nc(-n3c4ccccc4c4cc5ccsc5cc43)n2)cc1.c1ccc(-c2cnc(-n3c4ccccc4c4cc5ccsc5cc43)c3ccccc23)cc1.c1ccc(-c2nc(-c3ccccc3)nc(-n3c4ccccc4c4cc5ccsc5cc43)n2)cc1. The third kappa shape index (κ3) is 14.4. The van der Waals surface area contributed by atoms with Gasteiger partial charge in [-0.05, 0) is 180 Å². The van der Waals surface area contributed by atoms with Crippen LogP contribution in [0.25, 0.3) is 241 Å². The van der Waals surface area contributed by atoms with Gasteiger partial charge < -0.3 is 0 Å². The molecule has 28 rings (SSSR count). The number of thiophene rings is 4. The largest absolute Gasteiger partial charge is 0.294 e. The van der Waals surface area contributed by atoms with E-state index in [4.69, 9.17) is 34.9 Å². The van der Waals surface area contributed by atoms with Gasteiger partial charge in [0, 0.05) is 107 Å². The van der Waals surface area contributed by atoms with Gasteiger partial charge in [0.25, 0.3) is 0 Å². The zero-order chi connectivity index (χ0) is 88.5. The minimum atomic E-state index is 0.620. The van der Waals surface area contributed by atoms with Crippen LogP contribution in [0.15, 0.2) is 452 Å². The molecule has 15 heteroatoms. The topological polar surface area (TPSA) is 110 Å². The monoisotopic (exact) mass is 1790 g/mol. The number of benzene rings is 16. The molecule has 12 heterocycles. The zero-order valence-electron chi connectivity index (χ0n) is 71.9. The average Bonchev–Trinajstić information content (AvgIpc) is 1.57. The van der Waals surface area contributed by atoms with Crippen LogP contribution >= 0.6 is 45.3 Å². The maximum absolute atomic E-state index is 5.21. The molecule has 0 aliphatic rings. The number of aromatic nitrogens is 11. The quantitative estimate of drug-likeness (QED) is 0.127. The lowest BCUT2D eigenvalue weighted by Crippen LogP contribution is -2.06. The molecule has 0 unspecified atom stereocenters. The van der Waals surface area contributed by atoms with Gasteiger partial charge in [0.05, 0.1) is 61.2 Å². The van der Waals surface area contributed by atoms with E-state index in [1.165, 1.54) is 122 Å². The first-order chi connectivity index (χ1) is 66.4. The molecule has 0 fully saturated rings. The van der Waals surface area contributed by atoms with E-state index >= 15 is 0 Å². The lowest BCUT2D eigenvalue weighted by molar-refractivity contribution is 0.954. The van der Waals surface area contributed by atoms with Crippen molar-refractivity contribution in [3.8, 4) is 102 Å². The number of pyridine rings is 2. The van der Waals surface area contributed by atoms with Crippen molar-refractivity contribution in [1.29, 1.82) is 0 Å². The summed E-state index contributed by atoms with van der Waals surface area (Å²) >= 11 is 7.08. The lowest BCUT2D eigenvalue weighted by Gasteiger charge is -2.13. The molecule has 11 nitrogen and oxygen atoms in total. The lowest BCUT2D eigenvalue weighted by atomic mass is 10.0. The minimum Gasteiger partial charge on any atom is -0.294 e. The molecule has 28 aromatic rings. The summed E-state index contributed by atoms with van der Waals surface area (Å²) < 4.78 is 14.1. The van der Waals surface area contributed by atoms with E-state index in [1.54, 1.807) is 45.3 Å². The van der Waals surface area contributed by atoms with Crippen molar-refractivity contribution in [1.82, 2.24) is 53.2 Å². The number of nitrogens with zero attached hydrogens (tertiary/aromatic N) is 11. The van der Waals surface area contributed by atoms with Crippen LogP contribution in [0.4, 0.5) is 0 Å². The predicted molar refractivity (Wildman–Crippen MR) is 565 cm³/mol. The van der Waals surface area contributed by atoms with Gasteiger partial charge in [-0.3, -0.25) is 18.3 Å². The summed E-state index contributed by atoms with van der Waals surface area (Å²) in [7, 11) is 0. The summed E-state index contributed by atoms with van der Waals surface area (Å²) in [6.45, 7) is 0. The smallest absolute Gasteiger partial charge is 0.238 e. The van der Waals surface area contributed by atoms with Crippen molar-refractivity contribution in [3.05, 3.63) is 452 Å². The minimum absolute atomic E-state index is 0.620. The highest BCUT2D eigenvalue weighted by Gasteiger charge is 2.25. The molecule has 0 aliphatic carbocycles. The first kappa shape index (κ1) is 79.4. The third-order valence-electron chi connectivity index (χ3n) is 25.2. The van der Waals surface area contributed by atoms with E-state index in [1.807, 2.05) is 109 Å². The summed E-state index contributed by atoms with van der Waals surface area (Å²) in [6.07, 6.45) is 2.03. The van der Waals surface area contributed by atoms with Gasteiger partial charge in [-0.2, -0.15) is 9.97 Å². The maximum atomic E-state index is 5.21. The van der Waals surface area contributed by atoms with E-state index in [2.05, 4.69) is 361 Å². The second-order valence-corrected chi connectivity index (χ2v) is 36.9. The average molecular weight is 1790 g/mol. The highest BCUT2D eigenvalue weighted by Crippen LogP contribution is 2.45. The number of hydrogen-bond donors (Lipinski definition) is 0. The Morgan fingerprint density at radius 3 is 0.896 bits per heavy atom. The van der Waals surface area contributed by atoms with Crippen molar-refractivity contribution in [2.75, 3.05) is 0 Å². The summed E-state index contributed by atoms with van der Waals surface area (Å²) in [5, 5.41) is 25.9. The van der Waals surface area contributed by atoms with Crippen molar-refractivity contribution in [2.24, 2.45) is 0 Å². The van der Waals surface area contributed by atoms with Crippen LogP contribution in [-0.4, -0.2) is 53.2 Å². The van der Waals surface area contributed by atoms with E-state index in [9.17, 15) is 0 Å². The summed E-state index contributed by atoms with van der Waals surface area (Å²) in [5.74, 6) is 4.53. The van der Waals surface area contributed by atoms with Crippen LogP contribution in [0.1, 0.15) is 0 Å². The Kier molecular flexibility index (Phi) is 20.1. The normalized spacial score (nSPS) is 11.6. The molecule has 0 saturated carbocycles. The molecular weight excluding hydrogens is 1710 g/mol. The number of para-hydroxylation sites is 4. The summed E-state index contributed by atoms with van der Waals surface area (Å²) in [6, 6.07) is 149. The third-order valence-corrected chi connectivity index (χ3v) is 28.7. The van der Waals surface area contributed by atoms with Gasteiger partial charge in [0.1, 0.15) is 11.6 Å². The van der Waals surface area contributed by atoms with E-state index in [0.29, 0.717) is 23.5 Å². The van der Waals surface area contributed by atoms with Gasteiger partial charge >= 0.3 is 0 Å². The number of fused-ring (bicyclic) bond motifs is 17. The molecule has 0 N–H and O–H groups in total. The number of rotatable bonds is 11. The Bertz CT molecular complexity index is 8510. The first-order valence-electron chi connectivity index (χ1n) is 44.5. The molecule has 134 heavy (non-hydrogen) atoms. The Hall–Kier alpha value is -16.8. The van der Waals surface area contributed by atoms with Crippen molar-refractivity contribution >= 4 is 184 Å². The molecule has 0 atom stereocenters. The Labute approximate surface area is 785 Å². The van der Waals surface area contributed by atoms with E-state index in [-0.39, 0.29) is 0 Å². The fraction of sp³-hybridized carbons (Fsp3) is 0. The summed E-state index contributed by atoms with van der Waals surface area (Å²) in [5.41, 5.74) is 21.8. The Balaban J connectivity index is 0.0000000956. The molecule has 0 amide bonds. The fourth-order valence-electron chi connectivity index (χ4n) is 18.9. The van der Waals surface area contributed by atoms with Gasteiger partial charge in [0.2, 0.25) is 11.9 Å². The number of hydrogen-bond acceptors (Lipinski definition) is 11.